The number of ether oxygens (including phenoxy) is 1. The molecule has 3 rings (SSSR count). The summed E-state index contributed by atoms with van der Waals surface area (Å²) in [6.45, 7) is 8.23. The number of halogens is 1. The Bertz CT molecular complexity index is 887. The van der Waals surface area contributed by atoms with Crippen LogP contribution in [0.4, 0.5) is 4.39 Å². The zero-order valence-corrected chi connectivity index (χ0v) is 15.4. The second kappa shape index (κ2) is 8.18. The van der Waals surface area contributed by atoms with Crippen molar-refractivity contribution in [2.24, 2.45) is 0 Å². The average molecular weight is 374 g/mol. The minimum atomic E-state index is -0.407. The fourth-order valence-corrected chi connectivity index (χ4v) is 3.51. The van der Waals surface area contributed by atoms with E-state index in [9.17, 15) is 4.39 Å². The van der Waals surface area contributed by atoms with Gasteiger partial charge in [-0.25, -0.2) is 4.39 Å². The van der Waals surface area contributed by atoms with Gasteiger partial charge in [0, 0.05) is 17.9 Å². The van der Waals surface area contributed by atoms with Crippen molar-refractivity contribution in [3.8, 4) is 5.75 Å². The molecule has 0 fully saturated rings. The number of aromatic nitrogens is 4. The lowest BCUT2D eigenvalue weighted by molar-refractivity contribution is 0.275. The summed E-state index contributed by atoms with van der Waals surface area (Å²) in [5.74, 6) is 1.85. The lowest BCUT2D eigenvalue weighted by Gasteiger charge is -2.09. The van der Waals surface area contributed by atoms with Gasteiger partial charge in [0.1, 0.15) is 12.4 Å². The molecule has 0 saturated heterocycles. The van der Waals surface area contributed by atoms with Crippen LogP contribution in [-0.2, 0) is 18.9 Å². The number of para-hydroxylation sites is 1. The first-order valence-corrected chi connectivity index (χ1v) is 9.03. The molecule has 6 nitrogen and oxygen atoms in total. The van der Waals surface area contributed by atoms with Crippen LogP contribution in [0.15, 0.2) is 46.6 Å². The molecule has 8 heteroatoms. The van der Waals surface area contributed by atoms with Gasteiger partial charge in [-0.15, -0.1) is 16.8 Å². The fraction of sp³-hybridized carbons (Fsp3) is 0.278. The van der Waals surface area contributed by atoms with Crippen molar-refractivity contribution in [3.63, 3.8) is 0 Å². The summed E-state index contributed by atoms with van der Waals surface area (Å²) in [6.07, 6.45) is 1.76. The second-order valence-corrected chi connectivity index (χ2v) is 6.55. The van der Waals surface area contributed by atoms with E-state index < -0.39 is 5.82 Å². The number of hydrogen-bond donors (Lipinski definition) is 0. The Kier molecular flexibility index (Phi) is 5.72. The van der Waals surface area contributed by atoms with Crippen LogP contribution >= 0.6 is 11.8 Å². The lowest BCUT2D eigenvalue weighted by Crippen LogP contribution is -2.08. The van der Waals surface area contributed by atoms with Crippen LogP contribution in [-0.4, -0.2) is 19.9 Å². The van der Waals surface area contributed by atoms with E-state index in [1.807, 2.05) is 18.4 Å². The standard InChI is InChI=1S/C18H19FN4O2S/c1-4-9-23-17(10-24-16-8-6-5-7-15(16)19)20-21-18(23)26-11-14-12(2)22-25-13(14)3/h4-8H,1,9-11H2,2-3H3. The van der Waals surface area contributed by atoms with Gasteiger partial charge in [0.05, 0.1) is 5.69 Å². The van der Waals surface area contributed by atoms with Gasteiger partial charge in [0.15, 0.2) is 22.5 Å². The SMILES string of the molecule is C=CCn1c(COc2ccccc2F)nnc1SCc1c(C)noc1C. The summed E-state index contributed by atoms with van der Waals surface area (Å²) in [6, 6.07) is 6.27. The molecule has 0 radical (unpaired) electrons. The van der Waals surface area contributed by atoms with Gasteiger partial charge in [-0.2, -0.15) is 0 Å². The fourth-order valence-electron chi connectivity index (χ4n) is 2.39. The molecule has 3 aromatic rings. The highest BCUT2D eigenvalue weighted by molar-refractivity contribution is 7.98. The molecule has 0 aliphatic rings. The molecule has 0 saturated carbocycles. The van der Waals surface area contributed by atoms with E-state index in [0.717, 1.165) is 22.2 Å². The van der Waals surface area contributed by atoms with E-state index in [1.54, 1.807) is 24.3 Å². The van der Waals surface area contributed by atoms with Gasteiger partial charge in [-0.3, -0.25) is 4.57 Å². The normalized spacial score (nSPS) is 10.9. The Labute approximate surface area is 155 Å². The maximum absolute atomic E-state index is 13.7. The molecule has 0 spiro atoms. The van der Waals surface area contributed by atoms with Crippen molar-refractivity contribution in [1.82, 2.24) is 19.9 Å². The highest BCUT2D eigenvalue weighted by Gasteiger charge is 2.16. The molecule has 0 N–H and O–H groups in total. The number of allylic oxidation sites excluding steroid dienone is 1. The van der Waals surface area contributed by atoms with Crippen molar-refractivity contribution in [3.05, 3.63) is 65.6 Å². The van der Waals surface area contributed by atoms with Gasteiger partial charge in [-0.1, -0.05) is 35.1 Å². The Morgan fingerprint density at radius 3 is 2.81 bits per heavy atom. The van der Waals surface area contributed by atoms with E-state index in [1.165, 1.54) is 17.8 Å². The first-order valence-electron chi connectivity index (χ1n) is 8.05. The Morgan fingerprint density at radius 2 is 2.12 bits per heavy atom. The van der Waals surface area contributed by atoms with E-state index in [2.05, 4.69) is 21.9 Å². The van der Waals surface area contributed by atoms with Crippen LogP contribution < -0.4 is 4.74 Å². The second-order valence-electron chi connectivity index (χ2n) is 5.61. The van der Waals surface area contributed by atoms with Crippen LogP contribution in [0.5, 0.6) is 5.75 Å². The number of thioether (sulfide) groups is 1. The molecule has 0 aliphatic heterocycles. The highest BCUT2D eigenvalue weighted by atomic mass is 32.2. The topological polar surface area (TPSA) is 66.0 Å². The number of benzene rings is 1. The van der Waals surface area contributed by atoms with Gasteiger partial charge in [0.2, 0.25) is 0 Å². The third-order valence-corrected chi connectivity index (χ3v) is 4.82. The summed E-state index contributed by atoms with van der Waals surface area (Å²) in [7, 11) is 0. The van der Waals surface area contributed by atoms with Crippen LogP contribution in [0.1, 0.15) is 22.8 Å². The molecular weight excluding hydrogens is 355 g/mol. The summed E-state index contributed by atoms with van der Waals surface area (Å²) in [4.78, 5) is 0. The summed E-state index contributed by atoms with van der Waals surface area (Å²) in [5.41, 5.74) is 1.92. The molecule has 0 amide bonds. The highest BCUT2D eigenvalue weighted by Crippen LogP contribution is 2.26. The molecule has 0 bridgehead atoms. The van der Waals surface area contributed by atoms with E-state index in [-0.39, 0.29) is 12.4 Å². The molecule has 0 unspecified atom stereocenters. The van der Waals surface area contributed by atoms with Crippen LogP contribution in [0, 0.1) is 19.7 Å². The number of aryl methyl sites for hydroxylation is 2. The van der Waals surface area contributed by atoms with Gasteiger partial charge < -0.3 is 9.26 Å². The van der Waals surface area contributed by atoms with Crippen molar-refractivity contribution >= 4 is 11.8 Å². The Hall–Kier alpha value is -2.61. The van der Waals surface area contributed by atoms with Gasteiger partial charge in [-0.05, 0) is 26.0 Å². The quantitative estimate of drug-likeness (QED) is 0.437. The third-order valence-electron chi connectivity index (χ3n) is 3.83. The zero-order chi connectivity index (χ0) is 18.5. The molecule has 0 atom stereocenters. The number of rotatable bonds is 8. The molecule has 0 aliphatic carbocycles. The first kappa shape index (κ1) is 18.2. The summed E-state index contributed by atoms with van der Waals surface area (Å²) < 4.78 is 26.3. The van der Waals surface area contributed by atoms with Crippen molar-refractivity contribution < 1.29 is 13.7 Å². The largest absolute Gasteiger partial charge is 0.483 e. The number of hydrogen-bond acceptors (Lipinski definition) is 6. The maximum Gasteiger partial charge on any atom is 0.191 e. The van der Waals surface area contributed by atoms with E-state index >= 15 is 0 Å². The summed E-state index contributed by atoms with van der Waals surface area (Å²) in [5, 5.41) is 13.1. The Balaban J connectivity index is 1.73. The predicted octanol–water partition coefficient (Wildman–Crippen LogP) is 4.08. The molecule has 2 aromatic heterocycles. The number of nitrogens with zero attached hydrogens (tertiary/aromatic N) is 4. The maximum atomic E-state index is 13.7. The smallest absolute Gasteiger partial charge is 0.191 e. The first-order chi connectivity index (χ1) is 12.6. The van der Waals surface area contributed by atoms with Crippen LogP contribution in [0.3, 0.4) is 0 Å². The van der Waals surface area contributed by atoms with E-state index in [4.69, 9.17) is 9.26 Å². The molecule has 1 aromatic carbocycles. The lowest BCUT2D eigenvalue weighted by atomic mass is 10.2. The molecule has 136 valence electrons. The average Bonchev–Trinajstić information content (AvgIpc) is 3.16. The van der Waals surface area contributed by atoms with E-state index in [0.29, 0.717) is 18.1 Å². The minimum absolute atomic E-state index is 0.119. The van der Waals surface area contributed by atoms with Crippen molar-refractivity contribution in [2.75, 3.05) is 0 Å². The van der Waals surface area contributed by atoms with Crippen molar-refractivity contribution in [2.45, 2.75) is 37.9 Å². The zero-order valence-electron chi connectivity index (χ0n) is 14.6. The monoisotopic (exact) mass is 374 g/mol. The molecule has 2 heterocycles. The predicted molar refractivity (Wildman–Crippen MR) is 96.5 cm³/mol. The molecular formula is C18H19FN4O2S. The Morgan fingerprint density at radius 1 is 1.31 bits per heavy atom. The van der Waals surface area contributed by atoms with Crippen LogP contribution in [0.25, 0.3) is 0 Å². The molecule has 26 heavy (non-hydrogen) atoms. The van der Waals surface area contributed by atoms with Crippen molar-refractivity contribution in [1.29, 1.82) is 0 Å². The van der Waals surface area contributed by atoms with Gasteiger partial charge in [0.25, 0.3) is 0 Å². The third kappa shape index (κ3) is 3.96. The summed E-state index contributed by atoms with van der Waals surface area (Å²) >= 11 is 1.53. The van der Waals surface area contributed by atoms with Gasteiger partial charge >= 0.3 is 0 Å². The minimum Gasteiger partial charge on any atom is -0.483 e. The van der Waals surface area contributed by atoms with Crippen LogP contribution in [0.2, 0.25) is 0 Å².